The summed E-state index contributed by atoms with van der Waals surface area (Å²) in [6.07, 6.45) is 3.75. The van der Waals surface area contributed by atoms with Gasteiger partial charge in [0.25, 0.3) is 0 Å². The number of nitrogens with zero attached hydrogens (tertiary/aromatic N) is 1. The highest BCUT2D eigenvalue weighted by Crippen LogP contribution is 2.20. The van der Waals surface area contributed by atoms with E-state index in [1.807, 2.05) is 6.92 Å². The zero-order valence-corrected chi connectivity index (χ0v) is 14.2. The monoisotopic (exact) mass is 313 g/mol. The minimum atomic E-state index is -3.40. The molecule has 0 amide bonds. The van der Waals surface area contributed by atoms with Crippen LogP contribution < -0.4 is 4.74 Å². The van der Waals surface area contributed by atoms with Gasteiger partial charge in [-0.3, -0.25) is 0 Å². The number of sulfonamides is 1. The van der Waals surface area contributed by atoms with E-state index in [1.54, 1.807) is 28.6 Å². The van der Waals surface area contributed by atoms with Crippen LogP contribution in [0.5, 0.6) is 5.75 Å². The van der Waals surface area contributed by atoms with Crippen molar-refractivity contribution >= 4 is 10.0 Å². The Balaban J connectivity index is 2.92. The highest BCUT2D eigenvalue weighted by atomic mass is 32.2. The minimum Gasteiger partial charge on any atom is -0.494 e. The smallest absolute Gasteiger partial charge is 0.243 e. The van der Waals surface area contributed by atoms with Crippen LogP contribution in [0, 0.1) is 0 Å². The number of benzene rings is 1. The van der Waals surface area contributed by atoms with E-state index in [0.29, 0.717) is 30.3 Å². The maximum absolute atomic E-state index is 12.7. The lowest BCUT2D eigenvalue weighted by atomic mass is 10.3. The van der Waals surface area contributed by atoms with Crippen molar-refractivity contribution < 1.29 is 13.2 Å². The maximum Gasteiger partial charge on any atom is 0.243 e. The van der Waals surface area contributed by atoms with Crippen molar-refractivity contribution in [1.29, 1.82) is 0 Å². The molecule has 5 heteroatoms. The van der Waals surface area contributed by atoms with Crippen molar-refractivity contribution in [3.8, 4) is 5.75 Å². The quantitative estimate of drug-likeness (QED) is 0.662. The van der Waals surface area contributed by atoms with Crippen molar-refractivity contribution in [1.82, 2.24) is 4.31 Å². The van der Waals surface area contributed by atoms with Gasteiger partial charge in [-0.25, -0.2) is 8.42 Å². The molecule has 1 rings (SSSR count). The van der Waals surface area contributed by atoms with Crippen molar-refractivity contribution in [3.05, 3.63) is 24.3 Å². The van der Waals surface area contributed by atoms with Crippen LogP contribution in [0.1, 0.15) is 46.5 Å². The molecule has 0 aliphatic rings. The lowest BCUT2D eigenvalue weighted by Crippen LogP contribution is -2.33. The molecular weight excluding hydrogens is 286 g/mol. The summed E-state index contributed by atoms with van der Waals surface area (Å²) in [5.74, 6) is 0.699. The Kier molecular flexibility index (Phi) is 7.75. The molecule has 0 spiro atoms. The molecular formula is C16H27NO3S. The Hall–Kier alpha value is -1.07. The fourth-order valence-electron chi connectivity index (χ4n) is 2.04. The van der Waals surface area contributed by atoms with Gasteiger partial charge in [0.1, 0.15) is 5.75 Å². The molecule has 0 bridgehead atoms. The Morgan fingerprint density at radius 3 is 1.90 bits per heavy atom. The summed E-state index contributed by atoms with van der Waals surface area (Å²) in [4.78, 5) is 0.346. The summed E-state index contributed by atoms with van der Waals surface area (Å²) >= 11 is 0. The molecule has 0 unspecified atom stereocenters. The third kappa shape index (κ3) is 5.32. The molecule has 0 saturated carbocycles. The molecule has 0 aliphatic carbocycles. The average Bonchev–Trinajstić information content (AvgIpc) is 2.48. The van der Waals surface area contributed by atoms with Gasteiger partial charge in [-0.2, -0.15) is 4.31 Å². The summed E-state index contributed by atoms with van der Waals surface area (Å²) in [5, 5.41) is 0. The molecule has 4 nitrogen and oxygen atoms in total. The van der Waals surface area contributed by atoms with Crippen LogP contribution in [-0.2, 0) is 10.0 Å². The van der Waals surface area contributed by atoms with Crippen LogP contribution in [0.25, 0.3) is 0 Å². The number of rotatable bonds is 10. The molecule has 120 valence electrons. The van der Waals surface area contributed by atoms with E-state index in [2.05, 4.69) is 13.8 Å². The predicted octanol–water partition coefficient (Wildman–Crippen LogP) is 3.68. The predicted molar refractivity (Wildman–Crippen MR) is 86.2 cm³/mol. The van der Waals surface area contributed by atoms with Gasteiger partial charge in [0.2, 0.25) is 10.0 Å². The van der Waals surface area contributed by atoms with Gasteiger partial charge in [0.05, 0.1) is 11.5 Å². The molecule has 0 atom stereocenters. The fraction of sp³-hybridized carbons (Fsp3) is 0.625. The normalized spacial score (nSPS) is 11.8. The maximum atomic E-state index is 12.7. The van der Waals surface area contributed by atoms with E-state index in [0.717, 1.165) is 25.7 Å². The second-order valence-electron chi connectivity index (χ2n) is 5.02. The Morgan fingerprint density at radius 2 is 1.48 bits per heavy atom. The first kappa shape index (κ1) is 18.0. The highest BCUT2D eigenvalue weighted by Gasteiger charge is 2.23. The first-order valence-electron chi connectivity index (χ1n) is 7.79. The van der Waals surface area contributed by atoms with Gasteiger partial charge in [0.15, 0.2) is 0 Å². The van der Waals surface area contributed by atoms with Crippen LogP contribution in [0.4, 0.5) is 0 Å². The van der Waals surface area contributed by atoms with Crippen LogP contribution in [0.3, 0.4) is 0 Å². The summed E-state index contributed by atoms with van der Waals surface area (Å²) < 4.78 is 32.4. The standard InChI is InChI=1S/C16H27NO3S/c1-4-7-13-17(14-8-5-2)21(18,19)16-11-9-15(10-12-16)20-6-3/h9-12H,4-8,13-14H2,1-3H3. The highest BCUT2D eigenvalue weighted by molar-refractivity contribution is 7.89. The van der Waals surface area contributed by atoms with Gasteiger partial charge < -0.3 is 4.74 Å². The first-order chi connectivity index (χ1) is 10.1. The summed E-state index contributed by atoms with van der Waals surface area (Å²) in [6, 6.07) is 6.69. The lowest BCUT2D eigenvalue weighted by Gasteiger charge is -2.22. The number of hydrogen-bond acceptors (Lipinski definition) is 3. The second kappa shape index (κ2) is 9.05. The van der Waals surface area contributed by atoms with Crippen LogP contribution in [-0.4, -0.2) is 32.4 Å². The van der Waals surface area contributed by atoms with Crippen LogP contribution in [0.2, 0.25) is 0 Å². The summed E-state index contributed by atoms with van der Waals surface area (Å²) in [7, 11) is -3.40. The Morgan fingerprint density at radius 1 is 0.952 bits per heavy atom. The Bertz CT molecular complexity index is 489. The molecule has 21 heavy (non-hydrogen) atoms. The van der Waals surface area contributed by atoms with Gasteiger partial charge in [-0.05, 0) is 44.0 Å². The fourth-order valence-corrected chi connectivity index (χ4v) is 3.56. The van der Waals surface area contributed by atoms with E-state index in [1.165, 1.54) is 0 Å². The van der Waals surface area contributed by atoms with E-state index in [-0.39, 0.29) is 0 Å². The number of ether oxygens (including phenoxy) is 1. The van der Waals surface area contributed by atoms with Gasteiger partial charge in [-0.15, -0.1) is 0 Å². The molecule has 0 aromatic heterocycles. The van der Waals surface area contributed by atoms with Gasteiger partial charge in [-0.1, -0.05) is 26.7 Å². The topological polar surface area (TPSA) is 46.6 Å². The van der Waals surface area contributed by atoms with Crippen LogP contribution >= 0.6 is 0 Å². The molecule has 0 radical (unpaired) electrons. The molecule has 0 fully saturated rings. The average molecular weight is 313 g/mol. The molecule has 0 N–H and O–H groups in total. The van der Waals surface area contributed by atoms with Crippen molar-refractivity contribution in [2.75, 3.05) is 19.7 Å². The number of hydrogen-bond donors (Lipinski definition) is 0. The second-order valence-corrected chi connectivity index (χ2v) is 6.95. The van der Waals surface area contributed by atoms with Crippen molar-refractivity contribution in [2.24, 2.45) is 0 Å². The zero-order chi connectivity index (χ0) is 15.7. The van der Waals surface area contributed by atoms with Crippen LogP contribution in [0.15, 0.2) is 29.2 Å². The van der Waals surface area contributed by atoms with E-state index in [9.17, 15) is 8.42 Å². The number of unbranched alkanes of at least 4 members (excludes halogenated alkanes) is 2. The van der Waals surface area contributed by atoms with E-state index < -0.39 is 10.0 Å². The first-order valence-corrected chi connectivity index (χ1v) is 9.23. The minimum absolute atomic E-state index is 0.346. The third-order valence-electron chi connectivity index (χ3n) is 3.29. The zero-order valence-electron chi connectivity index (χ0n) is 13.3. The molecule has 0 heterocycles. The molecule has 0 saturated heterocycles. The van der Waals surface area contributed by atoms with E-state index in [4.69, 9.17) is 4.74 Å². The van der Waals surface area contributed by atoms with E-state index >= 15 is 0 Å². The third-order valence-corrected chi connectivity index (χ3v) is 5.21. The summed E-state index contributed by atoms with van der Waals surface area (Å²) in [5.41, 5.74) is 0. The summed E-state index contributed by atoms with van der Waals surface area (Å²) in [6.45, 7) is 7.80. The molecule has 1 aromatic rings. The molecule has 0 aliphatic heterocycles. The van der Waals surface area contributed by atoms with Crippen molar-refractivity contribution in [3.63, 3.8) is 0 Å². The lowest BCUT2D eigenvalue weighted by molar-refractivity contribution is 0.340. The largest absolute Gasteiger partial charge is 0.494 e. The SMILES string of the molecule is CCCCN(CCCC)S(=O)(=O)c1ccc(OCC)cc1. The Labute approximate surface area is 129 Å². The van der Waals surface area contributed by atoms with Crippen molar-refractivity contribution in [2.45, 2.75) is 51.3 Å². The molecule has 1 aromatic carbocycles. The van der Waals surface area contributed by atoms with Gasteiger partial charge >= 0.3 is 0 Å². The van der Waals surface area contributed by atoms with Gasteiger partial charge in [0, 0.05) is 13.1 Å².